The van der Waals surface area contributed by atoms with E-state index in [4.69, 9.17) is 4.74 Å². The van der Waals surface area contributed by atoms with Crippen LogP contribution in [0.3, 0.4) is 0 Å². The number of aryl methyl sites for hydroxylation is 1. The van der Waals surface area contributed by atoms with E-state index in [1.807, 2.05) is 85.0 Å². The van der Waals surface area contributed by atoms with Gasteiger partial charge in [-0.2, -0.15) is 0 Å². The number of rotatable bonds is 7. The number of fused-ring (bicyclic) bond motifs is 3. The molecule has 0 bridgehead atoms. The minimum Gasteiger partial charge on any atom is -0.496 e. The van der Waals surface area contributed by atoms with Crippen LogP contribution in [0.2, 0.25) is 0 Å². The molecule has 0 aliphatic heterocycles. The smallest absolute Gasteiger partial charge is 0.263 e. The van der Waals surface area contributed by atoms with E-state index in [-0.39, 0.29) is 18.0 Å². The van der Waals surface area contributed by atoms with Crippen LogP contribution in [-0.2, 0) is 11.3 Å². The highest BCUT2D eigenvalue weighted by Gasteiger charge is 2.22. The molecule has 36 heavy (non-hydrogen) atoms. The van der Waals surface area contributed by atoms with Crippen molar-refractivity contribution in [3.63, 3.8) is 0 Å². The molecule has 0 saturated heterocycles. The van der Waals surface area contributed by atoms with Crippen molar-refractivity contribution in [3.8, 4) is 5.75 Å². The fourth-order valence-electron chi connectivity index (χ4n) is 4.12. The van der Waals surface area contributed by atoms with Gasteiger partial charge in [0.1, 0.15) is 5.75 Å². The van der Waals surface area contributed by atoms with E-state index < -0.39 is 5.25 Å². The molecule has 0 fully saturated rings. The standard InChI is InChI=1S/C27H25N5O3S/c1-17-10-4-7-13-21(17)28-24(33)18(2)36-27-30-29-26-31(16-19-11-5-9-15-23(19)35-3)25(34)20-12-6-8-14-22(20)32(26)27/h4-15,18H,16H2,1-3H3,(H,28,33). The number of aromatic nitrogens is 4. The van der Waals surface area contributed by atoms with E-state index in [1.54, 1.807) is 17.7 Å². The molecule has 0 aliphatic carbocycles. The van der Waals surface area contributed by atoms with Gasteiger partial charge in [-0.3, -0.25) is 18.6 Å². The molecule has 1 atom stereocenters. The van der Waals surface area contributed by atoms with Crippen LogP contribution in [-0.4, -0.2) is 37.4 Å². The normalized spacial score (nSPS) is 12.1. The van der Waals surface area contributed by atoms with E-state index in [1.165, 1.54) is 11.8 Å². The largest absolute Gasteiger partial charge is 0.496 e. The zero-order chi connectivity index (χ0) is 25.2. The van der Waals surface area contributed by atoms with Gasteiger partial charge in [-0.15, -0.1) is 10.2 Å². The monoisotopic (exact) mass is 499 g/mol. The third-order valence-electron chi connectivity index (χ3n) is 6.05. The molecule has 3 aromatic carbocycles. The molecular formula is C27H25N5O3S. The quantitative estimate of drug-likeness (QED) is 0.331. The predicted molar refractivity (Wildman–Crippen MR) is 142 cm³/mol. The van der Waals surface area contributed by atoms with Gasteiger partial charge >= 0.3 is 0 Å². The number of carbonyl (C=O) groups excluding carboxylic acids is 1. The van der Waals surface area contributed by atoms with Gasteiger partial charge < -0.3 is 10.1 Å². The van der Waals surface area contributed by atoms with Crippen molar-refractivity contribution in [2.24, 2.45) is 0 Å². The molecule has 1 unspecified atom stereocenters. The third kappa shape index (κ3) is 4.33. The Hall–Kier alpha value is -4.11. The highest BCUT2D eigenvalue weighted by molar-refractivity contribution is 8.00. The van der Waals surface area contributed by atoms with Gasteiger partial charge in [-0.1, -0.05) is 60.3 Å². The van der Waals surface area contributed by atoms with Gasteiger partial charge in [0.05, 0.1) is 29.8 Å². The van der Waals surface area contributed by atoms with Crippen LogP contribution in [0, 0.1) is 6.92 Å². The number of benzene rings is 3. The van der Waals surface area contributed by atoms with E-state index in [0.717, 1.165) is 16.8 Å². The molecule has 0 saturated carbocycles. The van der Waals surface area contributed by atoms with Gasteiger partial charge in [0.15, 0.2) is 5.16 Å². The van der Waals surface area contributed by atoms with Crippen molar-refractivity contribution in [1.29, 1.82) is 0 Å². The lowest BCUT2D eigenvalue weighted by Crippen LogP contribution is -2.25. The maximum atomic E-state index is 13.5. The lowest BCUT2D eigenvalue weighted by atomic mass is 10.2. The van der Waals surface area contributed by atoms with E-state index in [2.05, 4.69) is 15.5 Å². The van der Waals surface area contributed by atoms with Gasteiger partial charge in [0, 0.05) is 11.3 Å². The Morgan fingerprint density at radius 1 is 1.03 bits per heavy atom. The molecule has 5 aromatic rings. The summed E-state index contributed by atoms with van der Waals surface area (Å²) in [4.78, 5) is 26.5. The number of thioether (sulfide) groups is 1. The molecule has 5 rings (SSSR count). The molecule has 0 radical (unpaired) electrons. The zero-order valence-electron chi connectivity index (χ0n) is 20.1. The van der Waals surface area contributed by atoms with Crippen molar-refractivity contribution in [2.75, 3.05) is 12.4 Å². The van der Waals surface area contributed by atoms with Crippen molar-refractivity contribution in [3.05, 3.63) is 94.3 Å². The van der Waals surface area contributed by atoms with Crippen molar-refractivity contribution in [2.45, 2.75) is 30.8 Å². The highest BCUT2D eigenvalue weighted by Crippen LogP contribution is 2.27. The van der Waals surface area contributed by atoms with E-state index >= 15 is 0 Å². The second-order valence-corrected chi connectivity index (χ2v) is 9.71. The number of nitrogens with one attached hydrogen (secondary N) is 1. The lowest BCUT2D eigenvalue weighted by Gasteiger charge is -2.15. The van der Waals surface area contributed by atoms with E-state index in [9.17, 15) is 9.59 Å². The first-order valence-corrected chi connectivity index (χ1v) is 12.4. The number of ether oxygens (including phenoxy) is 1. The summed E-state index contributed by atoms with van der Waals surface area (Å²) in [5, 5.41) is 12.4. The van der Waals surface area contributed by atoms with E-state index in [0.29, 0.717) is 27.6 Å². The molecule has 0 aliphatic rings. The second kappa shape index (κ2) is 9.87. The van der Waals surface area contributed by atoms with Crippen molar-refractivity contribution < 1.29 is 9.53 Å². The predicted octanol–water partition coefficient (Wildman–Crippen LogP) is 4.53. The Morgan fingerprint density at radius 3 is 2.56 bits per heavy atom. The highest BCUT2D eigenvalue weighted by atomic mass is 32.2. The number of hydrogen-bond acceptors (Lipinski definition) is 6. The summed E-state index contributed by atoms with van der Waals surface area (Å²) in [6.45, 7) is 4.04. The summed E-state index contributed by atoms with van der Waals surface area (Å²) in [6, 6.07) is 22.6. The summed E-state index contributed by atoms with van der Waals surface area (Å²) in [5.41, 5.74) is 3.13. The maximum Gasteiger partial charge on any atom is 0.263 e. The number of amides is 1. The first kappa shape index (κ1) is 23.6. The number of carbonyl (C=O) groups is 1. The summed E-state index contributed by atoms with van der Waals surface area (Å²) < 4.78 is 8.93. The summed E-state index contributed by atoms with van der Waals surface area (Å²) >= 11 is 1.29. The average Bonchev–Trinajstić information content (AvgIpc) is 3.31. The average molecular weight is 500 g/mol. The van der Waals surface area contributed by atoms with Crippen LogP contribution >= 0.6 is 11.8 Å². The molecule has 9 heteroatoms. The third-order valence-corrected chi connectivity index (χ3v) is 7.10. The first-order chi connectivity index (χ1) is 17.5. The molecule has 8 nitrogen and oxygen atoms in total. The molecule has 2 aromatic heterocycles. The second-order valence-electron chi connectivity index (χ2n) is 8.40. The van der Waals surface area contributed by atoms with Crippen LogP contribution in [0.25, 0.3) is 16.7 Å². The first-order valence-electron chi connectivity index (χ1n) is 11.5. The Morgan fingerprint density at radius 2 is 1.75 bits per heavy atom. The number of anilines is 1. The fraction of sp³-hybridized carbons (Fsp3) is 0.185. The Balaban J connectivity index is 1.56. The van der Waals surface area contributed by atoms with Gasteiger partial charge in [0.25, 0.3) is 5.56 Å². The Labute approximate surface area is 211 Å². The van der Waals surface area contributed by atoms with Crippen LogP contribution in [0.15, 0.2) is 82.7 Å². The van der Waals surface area contributed by atoms with Crippen molar-refractivity contribution >= 4 is 40.0 Å². The minimum atomic E-state index is -0.453. The van der Waals surface area contributed by atoms with Gasteiger partial charge in [-0.25, -0.2) is 0 Å². The number of para-hydroxylation sites is 3. The Kier molecular flexibility index (Phi) is 6.47. The molecule has 1 amide bonds. The summed E-state index contributed by atoms with van der Waals surface area (Å²) in [7, 11) is 1.60. The number of hydrogen-bond donors (Lipinski definition) is 1. The van der Waals surface area contributed by atoms with Gasteiger partial charge in [-0.05, 0) is 43.7 Å². The zero-order valence-corrected chi connectivity index (χ0v) is 21.0. The SMILES string of the molecule is COc1ccccc1Cn1c(=O)c2ccccc2n2c(SC(C)C(=O)Nc3ccccc3C)nnc12. The molecular weight excluding hydrogens is 474 g/mol. The van der Waals surface area contributed by atoms with Crippen molar-refractivity contribution in [1.82, 2.24) is 19.2 Å². The maximum absolute atomic E-state index is 13.5. The topological polar surface area (TPSA) is 90.5 Å². The van der Waals surface area contributed by atoms with Crippen LogP contribution in [0.5, 0.6) is 5.75 Å². The fourth-order valence-corrected chi connectivity index (χ4v) is 4.97. The van der Waals surface area contributed by atoms with Gasteiger partial charge in [0.2, 0.25) is 11.7 Å². The molecule has 1 N–H and O–H groups in total. The molecule has 182 valence electrons. The minimum absolute atomic E-state index is 0.141. The van der Waals surface area contributed by atoms with Crippen LogP contribution in [0.4, 0.5) is 5.69 Å². The summed E-state index contributed by atoms with van der Waals surface area (Å²) in [6.07, 6.45) is 0. The Bertz CT molecular complexity index is 1640. The molecule has 2 heterocycles. The van der Waals surface area contributed by atoms with Crippen LogP contribution < -0.4 is 15.6 Å². The number of methoxy groups -OCH3 is 1. The van der Waals surface area contributed by atoms with Crippen LogP contribution in [0.1, 0.15) is 18.1 Å². The lowest BCUT2D eigenvalue weighted by molar-refractivity contribution is -0.115. The molecule has 0 spiro atoms. The summed E-state index contributed by atoms with van der Waals surface area (Å²) in [5.74, 6) is 0.947. The number of nitrogens with zero attached hydrogens (tertiary/aromatic N) is 4.